The van der Waals surface area contributed by atoms with Crippen molar-refractivity contribution in [3.63, 3.8) is 0 Å². The van der Waals surface area contributed by atoms with Gasteiger partial charge in [-0.2, -0.15) is 13.2 Å². The first-order chi connectivity index (χ1) is 12.7. The molecule has 1 N–H and O–H groups in total. The minimum atomic E-state index is -4.58. The molecule has 0 aliphatic carbocycles. The third kappa shape index (κ3) is 4.21. The molecule has 1 fully saturated rings. The molecule has 0 saturated carbocycles. The van der Waals surface area contributed by atoms with Gasteiger partial charge in [-0.05, 0) is 52.4 Å². The summed E-state index contributed by atoms with van der Waals surface area (Å²) in [5, 5.41) is 3.27. The molecule has 2 heterocycles. The van der Waals surface area contributed by atoms with Gasteiger partial charge < -0.3 is 10.2 Å². The highest BCUT2D eigenvalue weighted by Crippen LogP contribution is 2.33. The number of likely N-dealkylation sites (tertiary alicyclic amines) is 1. The maximum Gasteiger partial charge on any atom is 0.416 e. The fraction of sp³-hybridized carbons (Fsp3) is 0.474. The number of nitrogens with zero attached hydrogens (tertiary/aromatic N) is 3. The molecule has 1 saturated heterocycles. The average molecular weight is 382 g/mol. The molecule has 27 heavy (non-hydrogen) atoms. The largest absolute Gasteiger partial charge is 0.416 e. The Morgan fingerprint density at radius 1 is 1.26 bits per heavy atom. The quantitative estimate of drug-likeness (QED) is 0.791. The Hall–Kier alpha value is -2.22. The van der Waals surface area contributed by atoms with E-state index in [0.29, 0.717) is 29.3 Å². The van der Waals surface area contributed by atoms with Gasteiger partial charge in [0, 0.05) is 29.4 Å². The van der Waals surface area contributed by atoms with Crippen LogP contribution in [0, 0.1) is 12.7 Å². The zero-order valence-electron chi connectivity index (χ0n) is 15.4. The molecule has 0 radical (unpaired) electrons. The van der Waals surface area contributed by atoms with E-state index in [4.69, 9.17) is 0 Å². The fourth-order valence-corrected chi connectivity index (χ4v) is 3.58. The van der Waals surface area contributed by atoms with Crippen molar-refractivity contribution < 1.29 is 17.6 Å². The van der Waals surface area contributed by atoms with Gasteiger partial charge in [0.25, 0.3) is 0 Å². The lowest BCUT2D eigenvalue weighted by Crippen LogP contribution is -2.39. The van der Waals surface area contributed by atoms with E-state index < -0.39 is 17.6 Å². The Morgan fingerprint density at radius 2 is 2.00 bits per heavy atom. The van der Waals surface area contributed by atoms with Crippen LogP contribution in [0.4, 0.5) is 23.5 Å². The Morgan fingerprint density at radius 3 is 2.56 bits per heavy atom. The number of aromatic nitrogens is 2. The van der Waals surface area contributed by atoms with Crippen LogP contribution < -0.4 is 5.32 Å². The molecule has 1 aromatic heterocycles. The van der Waals surface area contributed by atoms with E-state index in [1.54, 1.807) is 6.92 Å². The van der Waals surface area contributed by atoms with E-state index in [1.165, 1.54) is 6.20 Å². The fourth-order valence-electron chi connectivity index (χ4n) is 3.58. The van der Waals surface area contributed by atoms with E-state index in [-0.39, 0.29) is 11.6 Å². The lowest BCUT2D eigenvalue weighted by atomic mass is 10.0. The van der Waals surface area contributed by atoms with Crippen molar-refractivity contribution in [2.45, 2.75) is 44.9 Å². The van der Waals surface area contributed by atoms with Crippen molar-refractivity contribution in [2.75, 3.05) is 18.9 Å². The molecule has 2 aromatic rings. The second-order valence-electron chi connectivity index (χ2n) is 7.01. The van der Waals surface area contributed by atoms with Crippen LogP contribution in [-0.2, 0) is 6.18 Å². The highest BCUT2D eigenvalue weighted by molar-refractivity contribution is 5.66. The zero-order valence-corrected chi connectivity index (χ0v) is 15.4. The summed E-state index contributed by atoms with van der Waals surface area (Å²) >= 11 is 0. The molecule has 1 aliphatic rings. The monoisotopic (exact) mass is 382 g/mol. The van der Waals surface area contributed by atoms with Gasteiger partial charge >= 0.3 is 6.18 Å². The van der Waals surface area contributed by atoms with Crippen LogP contribution in [0.5, 0.6) is 0 Å². The van der Waals surface area contributed by atoms with E-state index in [9.17, 15) is 17.6 Å². The molecule has 1 aromatic carbocycles. The summed E-state index contributed by atoms with van der Waals surface area (Å²) in [7, 11) is 2.08. The standard InChI is InChI=1S/C19H22F4N4/c1-11-15(14-7-6-13(9-16(14)20)19(21,22)23)10-24-18(25-11)26-12(2)17-5-4-8-27(17)3/h6-7,9-10,12,17H,4-5,8H2,1-3H3,(H,24,25,26)/t12-,17-/m1/s1. The summed E-state index contributed by atoms with van der Waals surface area (Å²) < 4.78 is 52.4. The maximum absolute atomic E-state index is 14.2. The Labute approximate surface area is 155 Å². The Bertz CT molecular complexity index is 822. The number of aryl methyl sites for hydroxylation is 1. The lowest BCUT2D eigenvalue weighted by molar-refractivity contribution is -0.137. The zero-order chi connectivity index (χ0) is 19.8. The first-order valence-corrected chi connectivity index (χ1v) is 8.84. The van der Waals surface area contributed by atoms with Crippen LogP contribution in [0.1, 0.15) is 31.0 Å². The average Bonchev–Trinajstić information content (AvgIpc) is 3.01. The molecule has 0 unspecified atom stereocenters. The van der Waals surface area contributed by atoms with Gasteiger partial charge in [-0.15, -0.1) is 0 Å². The molecule has 0 spiro atoms. The second kappa shape index (κ2) is 7.42. The van der Waals surface area contributed by atoms with Crippen molar-refractivity contribution in [1.29, 1.82) is 0 Å². The van der Waals surface area contributed by atoms with Crippen LogP contribution in [0.3, 0.4) is 0 Å². The number of rotatable bonds is 4. The van der Waals surface area contributed by atoms with Crippen LogP contribution in [0.25, 0.3) is 11.1 Å². The van der Waals surface area contributed by atoms with Crippen molar-refractivity contribution in [2.24, 2.45) is 0 Å². The predicted octanol–water partition coefficient (Wildman–Crippen LogP) is 4.50. The predicted molar refractivity (Wildman–Crippen MR) is 95.9 cm³/mol. The normalized spacial score (nSPS) is 19.3. The summed E-state index contributed by atoms with van der Waals surface area (Å²) in [6.45, 7) is 4.81. The van der Waals surface area contributed by atoms with E-state index in [1.807, 2.05) is 0 Å². The third-order valence-corrected chi connectivity index (χ3v) is 5.08. The van der Waals surface area contributed by atoms with Crippen molar-refractivity contribution in [3.8, 4) is 11.1 Å². The van der Waals surface area contributed by atoms with E-state index in [2.05, 4.69) is 34.2 Å². The van der Waals surface area contributed by atoms with Gasteiger partial charge in [0.15, 0.2) is 0 Å². The summed E-state index contributed by atoms with van der Waals surface area (Å²) in [5.74, 6) is -0.519. The number of halogens is 4. The topological polar surface area (TPSA) is 41.1 Å². The van der Waals surface area contributed by atoms with E-state index >= 15 is 0 Å². The Balaban J connectivity index is 1.81. The number of alkyl halides is 3. The summed E-state index contributed by atoms with van der Waals surface area (Å²) in [4.78, 5) is 10.9. The number of anilines is 1. The number of nitrogens with one attached hydrogen (secondary N) is 1. The SMILES string of the molecule is Cc1nc(N[C@H](C)[C@H]2CCCN2C)ncc1-c1ccc(C(F)(F)F)cc1F. The molecule has 146 valence electrons. The van der Waals surface area contributed by atoms with Gasteiger partial charge in [0.1, 0.15) is 5.82 Å². The maximum atomic E-state index is 14.2. The minimum Gasteiger partial charge on any atom is -0.350 e. The van der Waals surface area contributed by atoms with Crippen LogP contribution >= 0.6 is 0 Å². The highest BCUT2D eigenvalue weighted by atomic mass is 19.4. The summed E-state index contributed by atoms with van der Waals surface area (Å²) in [5.41, 5.74) is -0.0960. The molecule has 4 nitrogen and oxygen atoms in total. The molecule has 3 rings (SSSR count). The number of hydrogen-bond donors (Lipinski definition) is 1. The first kappa shape index (κ1) is 19.5. The Kier molecular flexibility index (Phi) is 5.37. The van der Waals surface area contributed by atoms with E-state index in [0.717, 1.165) is 31.5 Å². The number of benzene rings is 1. The summed E-state index contributed by atoms with van der Waals surface area (Å²) in [6, 6.07) is 3.01. The first-order valence-electron chi connectivity index (χ1n) is 8.84. The minimum absolute atomic E-state index is 0.0515. The van der Waals surface area contributed by atoms with Crippen LogP contribution in [-0.4, -0.2) is 40.5 Å². The van der Waals surface area contributed by atoms with Crippen molar-refractivity contribution >= 4 is 5.95 Å². The molecular weight excluding hydrogens is 360 g/mol. The van der Waals surface area contributed by atoms with Crippen molar-refractivity contribution in [1.82, 2.24) is 14.9 Å². The smallest absolute Gasteiger partial charge is 0.350 e. The molecule has 0 amide bonds. The van der Waals surface area contributed by atoms with Crippen LogP contribution in [0.15, 0.2) is 24.4 Å². The molecule has 1 aliphatic heterocycles. The number of hydrogen-bond acceptors (Lipinski definition) is 4. The molecule has 2 atom stereocenters. The van der Waals surface area contributed by atoms with Crippen LogP contribution in [0.2, 0.25) is 0 Å². The van der Waals surface area contributed by atoms with Gasteiger partial charge in [-0.25, -0.2) is 14.4 Å². The second-order valence-corrected chi connectivity index (χ2v) is 7.01. The molecule has 0 bridgehead atoms. The van der Waals surface area contributed by atoms with Crippen molar-refractivity contribution in [3.05, 3.63) is 41.5 Å². The van der Waals surface area contributed by atoms with Gasteiger partial charge in [-0.3, -0.25) is 0 Å². The van der Waals surface area contributed by atoms with Gasteiger partial charge in [0.2, 0.25) is 5.95 Å². The lowest BCUT2D eigenvalue weighted by Gasteiger charge is -2.27. The highest BCUT2D eigenvalue weighted by Gasteiger charge is 2.31. The third-order valence-electron chi connectivity index (χ3n) is 5.08. The molecular formula is C19H22F4N4. The summed E-state index contributed by atoms with van der Waals surface area (Å²) in [6.07, 6.45) is -0.888. The molecule has 8 heteroatoms. The van der Waals surface area contributed by atoms with Gasteiger partial charge in [-0.1, -0.05) is 6.07 Å². The number of likely N-dealkylation sites (N-methyl/N-ethyl adjacent to an activating group) is 1. The van der Waals surface area contributed by atoms with Gasteiger partial charge in [0.05, 0.1) is 11.3 Å².